The predicted molar refractivity (Wildman–Crippen MR) is 156 cm³/mol. The first kappa shape index (κ1) is 29.3. The second kappa shape index (κ2) is 11.6. The minimum absolute atomic E-state index is 0.0846. The largest absolute Gasteiger partial charge is 0.494 e. The van der Waals surface area contributed by atoms with Gasteiger partial charge < -0.3 is 21.1 Å². The molecule has 0 bridgehead atoms. The standard InChI is InChI=1S/C30H34F3N7O2/c1-5-17-10-18(11-19-15-35-29(38-27(17)19)37-22-8-6-21(34)7-9-22)26-14-24(39-40(26)3)23-12-20(30(31,32)33)13-25(28(23)42-4)36-16(2)41/h10-15,21-22H,5-9,34H2,1-4H3,(H,36,41)(H,35,37,38). The lowest BCUT2D eigenvalue weighted by Gasteiger charge is -2.26. The smallest absolute Gasteiger partial charge is 0.416 e. The quantitative estimate of drug-likeness (QED) is 0.248. The molecule has 2 heterocycles. The lowest BCUT2D eigenvalue weighted by atomic mass is 9.92. The molecule has 0 radical (unpaired) electrons. The molecule has 1 fully saturated rings. The number of alkyl halides is 3. The lowest BCUT2D eigenvalue weighted by molar-refractivity contribution is -0.137. The number of nitrogens with one attached hydrogen (secondary N) is 2. The fourth-order valence-electron chi connectivity index (χ4n) is 5.51. The summed E-state index contributed by atoms with van der Waals surface area (Å²) in [4.78, 5) is 21.1. The lowest BCUT2D eigenvalue weighted by Crippen LogP contribution is -2.33. The Morgan fingerprint density at radius 3 is 2.52 bits per heavy atom. The van der Waals surface area contributed by atoms with Gasteiger partial charge in [-0.1, -0.05) is 6.92 Å². The molecule has 222 valence electrons. The molecule has 2 aromatic carbocycles. The molecular weight excluding hydrogens is 547 g/mol. The first-order valence-corrected chi connectivity index (χ1v) is 13.9. The van der Waals surface area contributed by atoms with Crippen molar-refractivity contribution in [2.45, 2.75) is 64.2 Å². The summed E-state index contributed by atoms with van der Waals surface area (Å²) < 4.78 is 48.4. The number of benzene rings is 2. The van der Waals surface area contributed by atoms with Gasteiger partial charge >= 0.3 is 6.18 Å². The zero-order chi connectivity index (χ0) is 30.2. The summed E-state index contributed by atoms with van der Waals surface area (Å²) in [7, 11) is 3.06. The van der Waals surface area contributed by atoms with Crippen molar-refractivity contribution < 1.29 is 22.7 Å². The number of carbonyl (C=O) groups is 1. The average molecular weight is 582 g/mol. The molecule has 1 amide bonds. The Bertz CT molecular complexity index is 1630. The number of nitrogens with zero attached hydrogens (tertiary/aromatic N) is 4. The van der Waals surface area contributed by atoms with Crippen molar-refractivity contribution in [1.29, 1.82) is 0 Å². The summed E-state index contributed by atoms with van der Waals surface area (Å²) in [6.07, 6.45) is 1.77. The number of carbonyl (C=O) groups excluding carboxylic acids is 1. The van der Waals surface area contributed by atoms with E-state index in [0.29, 0.717) is 24.1 Å². The molecule has 1 saturated carbocycles. The highest BCUT2D eigenvalue weighted by molar-refractivity contribution is 5.93. The topological polar surface area (TPSA) is 120 Å². The van der Waals surface area contributed by atoms with Crippen molar-refractivity contribution >= 4 is 28.4 Å². The number of anilines is 2. The number of aromatic nitrogens is 4. The number of nitrogens with two attached hydrogens (primary N) is 1. The van der Waals surface area contributed by atoms with Crippen LogP contribution in [0.1, 0.15) is 50.7 Å². The highest BCUT2D eigenvalue weighted by atomic mass is 19.4. The molecule has 9 nitrogen and oxygen atoms in total. The van der Waals surface area contributed by atoms with E-state index in [9.17, 15) is 18.0 Å². The van der Waals surface area contributed by atoms with Crippen LogP contribution in [-0.2, 0) is 24.4 Å². The number of halogens is 3. The van der Waals surface area contributed by atoms with Crippen LogP contribution >= 0.6 is 0 Å². The molecule has 5 rings (SSSR count). The molecular formula is C30H34F3N7O2. The maximum Gasteiger partial charge on any atom is 0.416 e. The average Bonchev–Trinajstić information content (AvgIpc) is 3.33. The van der Waals surface area contributed by atoms with Crippen LogP contribution in [-0.4, -0.2) is 44.8 Å². The van der Waals surface area contributed by atoms with Crippen molar-refractivity contribution in [2.75, 3.05) is 17.7 Å². The van der Waals surface area contributed by atoms with E-state index in [1.165, 1.54) is 14.0 Å². The number of hydrogen-bond donors (Lipinski definition) is 3. The van der Waals surface area contributed by atoms with Crippen molar-refractivity contribution in [2.24, 2.45) is 12.8 Å². The molecule has 4 N–H and O–H groups in total. The third-order valence-corrected chi connectivity index (χ3v) is 7.63. The summed E-state index contributed by atoms with van der Waals surface area (Å²) >= 11 is 0. The van der Waals surface area contributed by atoms with Gasteiger partial charge in [0.25, 0.3) is 0 Å². The second-order valence-corrected chi connectivity index (χ2v) is 10.7. The molecule has 12 heteroatoms. The predicted octanol–water partition coefficient (Wildman–Crippen LogP) is 5.93. The summed E-state index contributed by atoms with van der Waals surface area (Å²) in [6.45, 7) is 3.26. The molecule has 0 aliphatic heterocycles. The van der Waals surface area contributed by atoms with Crippen LogP contribution in [0.3, 0.4) is 0 Å². The van der Waals surface area contributed by atoms with E-state index < -0.39 is 17.6 Å². The maximum absolute atomic E-state index is 13.8. The zero-order valence-corrected chi connectivity index (χ0v) is 24.0. The van der Waals surface area contributed by atoms with Gasteiger partial charge in [0.2, 0.25) is 11.9 Å². The first-order chi connectivity index (χ1) is 20.0. The minimum atomic E-state index is -4.64. The molecule has 1 aliphatic carbocycles. The first-order valence-electron chi connectivity index (χ1n) is 13.9. The van der Waals surface area contributed by atoms with E-state index >= 15 is 0 Å². The Balaban J connectivity index is 1.54. The zero-order valence-electron chi connectivity index (χ0n) is 24.0. The minimum Gasteiger partial charge on any atom is -0.494 e. The van der Waals surface area contributed by atoms with Gasteiger partial charge in [-0.2, -0.15) is 18.3 Å². The monoisotopic (exact) mass is 581 g/mol. The van der Waals surface area contributed by atoms with Crippen LogP contribution in [0, 0.1) is 0 Å². The number of aryl methyl sites for hydroxylation is 2. The molecule has 0 saturated heterocycles. The van der Waals surface area contributed by atoms with Gasteiger partial charge in [-0.15, -0.1) is 0 Å². The molecule has 42 heavy (non-hydrogen) atoms. The molecule has 0 spiro atoms. The fraction of sp³-hybridized carbons (Fsp3) is 0.400. The van der Waals surface area contributed by atoms with E-state index in [4.69, 9.17) is 15.5 Å². The number of methoxy groups -OCH3 is 1. The normalized spacial score (nSPS) is 17.3. The van der Waals surface area contributed by atoms with E-state index in [2.05, 4.69) is 20.7 Å². The highest BCUT2D eigenvalue weighted by Crippen LogP contribution is 2.43. The van der Waals surface area contributed by atoms with Gasteiger partial charge in [0.15, 0.2) is 5.75 Å². The maximum atomic E-state index is 13.8. The third kappa shape index (κ3) is 6.03. The van der Waals surface area contributed by atoms with Crippen LogP contribution in [0.25, 0.3) is 33.4 Å². The SMILES string of the molecule is CCc1cc(-c2cc(-c3cc(C(F)(F)F)cc(NC(C)=O)c3OC)nn2C)cc2cnc(NC3CCC(N)CC3)nc12. The molecule has 0 atom stereocenters. The van der Waals surface area contributed by atoms with E-state index in [-0.39, 0.29) is 28.7 Å². The van der Waals surface area contributed by atoms with Gasteiger partial charge in [0, 0.05) is 48.8 Å². The van der Waals surface area contributed by atoms with Crippen molar-refractivity contribution in [1.82, 2.24) is 19.7 Å². The van der Waals surface area contributed by atoms with Crippen LogP contribution in [0.15, 0.2) is 36.5 Å². The van der Waals surface area contributed by atoms with Crippen LogP contribution in [0.2, 0.25) is 0 Å². The van der Waals surface area contributed by atoms with Crippen LogP contribution in [0.4, 0.5) is 24.8 Å². The summed E-state index contributed by atoms with van der Waals surface area (Å²) in [5, 5.41) is 11.3. The summed E-state index contributed by atoms with van der Waals surface area (Å²) in [5.74, 6) is 0.149. The van der Waals surface area contributed by atoms with Gasteiger partial charge in [0.05, 0.1) is 35.3 Å². The third-order valence-electron chi connectivity index (χ3n) is 7.63. The Labute approximate surface area is 241 Å². The van der Waals surface area contributed by atoms with Gasteiger partial charge in [-0.25, -0.2) is 9.97 Å². The van der Waals surface area contributed by atoms with Crippen LogP contribution < -0.4 is 21.1 Å². The molecule has 4 aromatic rings. The molecule has 1 aliphatic rings. The molecule has 2 aromatic heterocycles. The Kier molecular flexibility index (Phi) is 8.09. The van der Waals surface area contributed by atoms with Crippen molar-refractivity contribution in [3.05, 3.63) is 47.7 Å². The highest BCUT2D eigenvalue weighted by Gasteiger charge is 2.33. The number of ether oxygens (including phenoxy) is 1. The van der Waals surface area contributed by atoms with Crippen molar-refractivity contribution in [3.63, 3.8) is 0 Å². The van der Waals surface area contributed by atoms with E-state index in [1.807, 2.05) is 19.1 Å². The Hall–Kier alpha value is -4.19. The van der Waals surface area contributed by atoms with E-state index in [1.54, 1.807) is 24.0 Å². The number of amides is 1. The van der Waals surface area contributed by atoms with Crippen LogP contribution in [0.5, 0.6) is 5.75 Å². The number of fused-ring (bicyclic) bond motifs is 1. The summed E-state index contributed by atoms with van der Waals surface area (Å²) in [5.41, 5.74) is 8.75. The Morgan fingerprint density at radius 2 is 1.88 bits per heavy atom. The van der Waals surface area contributed by atoms with Gasteiger partial charge in [0.1, 0.15) is 0 Å². The van der Waals surface area contributed by atoms with Gasteiger partial charge in [-0.05, 0) is 68.0 Å². The van der Waals surface area contributed by atoms with Crippen molar-refractivity contribution in [3.8, 4) is 28.3 Å². The Morgan fingerprint density at radius 1 is 1.14 bits per heavy atom. The summed E-state index contributed by atoms with van der Waals surface area (Å²) in [6, 6.07) is 8.07. The van der Waals surface area contributed by atoms with E-state index in [0.717, 1.165) is 59.8 Å². The number of rotatable bonds is 7. The number of hydrogen-bond acceptors (Lipinski definition) is 7. The molecule has 0 unspecified atom stereocenters. The fourth-order valence-corrected chi connectivity index (χ4v) is 5.51. The van der Waals surface area contributed by atoms with Gasteiger partial charge in [-0.3, -0.25) is 9.48 Å². The second-order valence-electron chi connectivity index (χ2n) is 10.7.